The number of nitrogens with two attached hydrogens (primary N) is 1. The number of primary amides is 1. The Balaban J connectivity index is 1.93. The molecule has 2 rings (SSSR count). The van der Waals surface area contributed by atoms with E-state index in [1.54, 1.807) is 24.3 Å². The summed E-state index contributed by atoms with van der Waals surface area (Å²) in [6.45, 7) is 2.85. The maximum Gasteiger partial charge on any atom is 0.238 e. The molecule has 0 unspecified atom stereocenters. The van der Waals surface area contributed by atoms with Crippen molar-refractivity contribution >= 4 is 29.1 Å². The van der Waals surface area contributed by atoms with Crippen LogP contribution in [0.15, 0.2) is 24.3 Å². The van der Waals surface area contributed by atoms with Crippen molar-refractivity contribution in [3.8, 4) is 0 Å². The number of benzene rings is 1. The minimum absolute atomic E-state index is 0.116. The van der Waals surface area contributed by atoms with Gasteiger partial charge in [-0.15, -0.1) is 0 Å². The quantitative estimate of drug-likeness (QED) is 0.891. The van der Waals surface area contributed by atoms with Crippen molar-refractivity contribution in [3.63, 3.8) is 0 Å². The van der Waals surface area contributed by atoms with Crippen LogP contribution in [0.4, 0.5) is 5.69 Å². The van der Waals surface area contributed by atoms with Gasteiger partial charge in [0.15, 0.2) is 0 Å². The van der Waals surface area contributed by atoms with Crippen LogP contribution in [-0.4, -0.2) is 35.8 Å². The van der Waals surface area contributed by atoms with Crippen molar-refractivity contribution in [1.82, 2.24) is 4.90 Å². The molecule has 1 heterocycles. The Bertz CT molecular complexity index is 535. The first-order chi connectivity index (χ1) is 9.95. The summed E-state index contributed by atoms with van der Waals surface area (Å²) in [4.78, 5) is 25.4. The standard InChI is InChI=1S/C15H20ClN3O2/c1-10-5-6-11(15(17)21)8-19(10)9-14(20)18-13-4-2-3-12(16)7-13/h2-4,7,10-11H,5-6,8-9H2,1H3,(H2,17,21)(H,18,20)/t10-,11-/m1/s1. The number of hydrogen-bond acceptors (Lipinski definition) is 3. The Morgan fingerprint density at radius 2 is 2.19 bits per heavy atom. The number of rotatable bonds is 4. The molecule has 1 aromatic carbocycles. The van der Waals surface area contributed by atoms with Crippen molar-refractivity contribution < 1.29 is 9.59 Å². The van der Waals surface area contributed by atoms with Gasteiger partial charge in [-0.2, -0.15) is 0 Å². The third kappa shape index (κ3) is 4.44. The molecule has 0 aliphatic carbocycles. The van der Waals surface area contributed by atoms with E-state index in [0.717, 1.165) is 12.8 Å². The predicted molar refractivity (Wildman–Crippen MR) is 83.0 cm³/mol. The number of likely N-dealkylation sites (tertiary alicyclic amines) is 1. The lowest BCUT2D eigenvalue weighted by molar-refractivity contribution is -0.126. The van der Waals surface area contributed by atoms with E-state index >= 15 is 0 Å². The number of piperidine rings is 1. The lowest BCUT2D eigenvalue weighted by Crippen LogP contribution is -2.48. The average Bonchev–Trinajstić information content (AvgIpc) is 2.41. The normalized spacial score (nSPS) is 22.8. The molecule has 3 N–H and O–H groups in total. The van der Waals surface area contributed by atoms with E-state index in [2.05, 4.69) is 12.2 Å². The summed E-state index contributed by atoms with van der Waals surface area (Å²) in [6, 6.07) is 7.29. The summed E-state index contributed by atoms with van der Waals surface area (Å²) in [5, 5.41) is 3.39. The third-order valence-electron chi connectivity index (χ3n) is 3.87. The monoisotopic (exact) mass is 309 g/mol. The molecule has 1 aliphatic rings. The lowest BCUT2D eigenvalue weighted by atomic mass is 9.93. The second kappa shape index (κ2) is 6.91. The van der Waals surface area contributed by atoms with Crippen LogP contribution in [0, 0.1) is 5.92 Å². The van der Waals surface area contributed by atoms with Gasteiger partial charge in [0, 0.05) is 23.3 Å². The maximum atomic E-state index is 12.1. The number of amides is 2. The summed E-state index contributed by atoms with van der Waals surface area (Å²) in [5.74, 6) is -0.573. The Morgan fingerprint density at radius 1 is 1.43 bits per heavy atom. The molecule has 1 aliphatic heterocycles. The number of carbonyl (C=O) groups is 2. The first kappa shape index (κ1) is 15.8. The molecule has 0 radical (unpaired) electrons. The number of hydrogen-bond donors (Lipinski definition) is 2. The molecule has 21 heavy (non-hydrogen) atoms. The molecule has 2 atom stereocenters. The van der Waals surface area contributed by atoms with E-state index in [9.17, 15) is 9.59 Å². The molecular formula is C15H20ClN3O2. The molecular weight excluding hydrogens is 290 g/mol. The van der Waals surface area contributed by atoms with Crippen LogP contribution < -0.4 is 11.1 Å². The minimum atomic E-state index is -0.290. The minimum Gasteiger partial charge on any atom is -0.369 e. The van der Waals surface area contributed by atoms with Gasteiger partial charge in [-0.25, -0.2) is 0 Å². The Kier molecular flexibility index (Phi) is 5.20. The van der Waals surface area contributed by atoms with Crippen LogP contribution in [0.1, 0.15) is 19.8 Å². The fourth-order valence-corrected chi connectivity index (χ4v) is 2.77. The second-order valence-corrected chi connectivity index (χ2v) is 5.95. The van der Waals surface area contributed by atoms with E-state index in [1.165, 1.54) is 0 Å². The van der Waals surface area contributed by atoms with E-state index in [-0.39, 0.29) is 30.3 Å². The van der Waals surface area contributed by atoms with Crippen molar-refractivity contribution in [1.29, 1.82) is 0 Å². The van der Waals surface area contributed by atoms with Crippen molar-refractivity contribution in [2.75, 3.05) is 18.4 Å². The molecule has 0 aromatic heterocycles. The highest BCUT2D eigenvalue weighted by Crippen LogP contribution is 2.21. The third-order valence-corrected chi connectivity index (χ3v) is 4.10. The van der Waals surface area contributed by atoms with Crippen LogP contribution in [0.25, 0.3) is 0 Å². The number of nitrogens with one attached hydrogen (secondary N) is 1. The summed E-state index contributed by atoms with van der Waals surface area (Å²) in [5.41, 5.74) is 6.04. The second-order valence-electron chi connectivity index (χ2n) is 5.51. The smallest absolute Gasteiger partial charge is 0.238 e. The summed E-state index contributed by atoms with van der Waals surface area (Å²) in [6.07, 6.45) is 1.67. The largest absolute Gasteiger partial charge is 0.369 e. The SMILES string of the molecule is C[C@@H]1CC[C@@H](C(N)=O)CN1CC(=O)Nc1cccc(Cl)c1. The fourth-order valence-electron chi connectivity index (χ4n) is 2.58. The molecule has 0 saturated carbocycles. The van der Waals surface area contributed by atoms with Gasteiger partial charge in [0.1, 0.15) is 0 Å². The highest BCUT2D eigenvalue weighted by atomic mass is 35.5. The van der Waals surface area contributed by atoms with Gasteiger partial charge in [0.05, 0.1) is 12.5 Å². The van der Waals surface area contributed by atoms with Crippen LogP contribution in [0.2, 0.25) is 5.02 Å². The first-order valence-corrected chi connectivity index (χ1v) is 7.42. The zero-order valence-electron chi connectivity index (χ0n) is 12.0. The highest BCUT2D eigenvalue weighted by Gasteiger charge is 2.29. The van der Waals surface area contributed by atoms with Crippen LogP contribution in [-0.2, 0) is 9.59 Å². The van der Waals surface area contributed by atoms with Gasteiger partial charge in [-0.3, -0.25) is 14.5 Å². The van der Waals surface area contributed by atoms with Crippen LogP contribution in [0.3, 0.4) is 0 Å². The van der Waals surface area contributed by atoms with E-state index in [4.69, 9.17) is 17.3 Å². The maximum absolute atomic E-state index is 12.1. The summed E-state index contributed by atoms with van der Waals surface area (Å²) >= 11 is 5.88. The molecule has 1 saturated heterocycles. The molecule has 0 bridgehead atoms. The molecule has 2 amide bonds. The number of halogens is 1. The van der Waals surface area contributed by atoms with Gasteiger partial charge >= 0.3 is 0 Å². The molecule has 1 aromatic rings. The molecule has 0 spiro atoms. The number of anilines is 1. The van der Waals surface area contributed by atoms with E-state index < -0.39 is 0 Å². The highest BCUT2D eigenvalue weighted by molar-refractivity contribution is 6.30. The number of carbonyl (C=O) groups excluding carboxylic acids is 2. The zero-order chi connectivity index (χ0) is 15.4. The van der Waals surface area contributed by atoms with Gasteiger partial charge in [0.2, 0.25) is 11.8 Å². The van der Waals surface area contributed by atoms with E-state index in [0.29, 0.717) is 17.3 Å². The predicted octanol–water partition coefficient (Wildman–Crippen LogP) is 1.86. The average molecular weight is 310 g/mol. The fraction of sp³-hybridized carbons (Fsp3) is 0.467. The Labute approximate surface area is 129 Å². The van der Waals surface area contributed by atoms with Gasteiger partial charge in [-0.1, -0.05) is 17.7 Å². The van der Waals surface area contributed by atoms with Gasteiger partial charge in [0.25, 0.3) is 0 Å². The van der Waals surface area contributed by atoms with Crippen LogP contribution >= 0.6 is 11.6 Å². The Morgan fingerprint density at radius 3 is 2.86 bits per heavy atom. The summed E-state index contributed by atoms with van der Waals surface area (Å²) < 4.78 is 0. The number of nitrogens with zero attached hydrogens (tertiary/aromatic N) is 1. The zero-order valence-corrected chi connectivity index (χ0v) is 12.8. The van der Waals surface area contributed by atoms with Crippen molar-refractivity contribution in [2.45, 2.75) is 25.8 Å². The van der Waals surface area contributed by atoms with Gasteiger partial charge in [-0.05, 0) is 38.0 Å². The Hall–Kier alpha value is -1.59. The molecule has 5 nitrogen and oxygen atoms in total. The molecule has 6 heteroatoms. The van der Waals surface area contributed by atoms with E-state index in [1.807, 2.05) is 4.90 Å². The van der Waals surface area contributed by atoms with Gasteiger partial charge < -0.3 is 11.1 Å². The molecule has 1 fully saturated rings. The van der Waals surface area contributed by atoms with Crippen molar-refractivity contribution in [2.24, 2.45) is 11.7 Å². The molecule has 114 valence electrons. The first-order valence-electron chi connectivity index (χ1n) is 7.04. The summed E-state index contributed by atoms with van der Waals surface area (Å²) in [7, 11) is 0. The van der Waals surface area contributed by atoms with Crippen LogP contribution in [0.5, 0.6) is 0 Å². The lowest BCUT2D eigenvalue weighted by Gasteiger charge is -2.36. The van der Waals surface area contributed by atoms with Crippen molar-refractivity contribution in [3.05, 3.63) is 29.3 Å². The topological polar surface area (TPSA) is 75.4 Å².